The first-order chi connectivity index (χ1) is 11.7. The zero-order valence-electron chi connectivity index (χ0n) is 13.2. The summed E-state index contributed by atoms with van der Waals surface area (Å²) in [4.78, 5) is 12.1. The molecule has 3 rings (SSSR count). The van der Waals surface area contributed by atoms with E-state index in [9.17, 15) is 9.90 Å². The molecule has 0 aliphatic rings. The molecule has 24 heavy (non-hydrogen) atoms. The average Bonchev–Trinajstić information content (AvgIpc) is 3.17. The van der Waals surface area contributed by atoms with E-state index >= 15 is 0 Å². The SMILES string of the molecule is O=C(NCC[C@@H](O)c1ccco1)c1ccc(-c2ccccc2)cc1. The summed E-state index contributed by atoms with van der Waals surface area (Å²) in [5.74, 6) is 0.359. The fourth-order valence-corrected chi connectivity index (χ4v) is 2.49. The molecular formula is C20H19NO3. The Balaban J connectivity index is 1.54. The second-order valence-corrected chi connectivity index (χ2v) is 5.52. The molecule has 0 spiro atoms. The number of carbonyl (C=O) groups is 1. The van der Waals surface area contributed by atoms with Crippen LogP contribution in [-0.4, -0.2) is 17.6 Å². The van der Waals surface area contributed by atoms with Crippen LogP contribution < -0.4 is 5.32 Å². The lowest BCUT2D eigenvalue weighted by atomic mass is 10.0. The average molecular weight is 321 g/mol. The zero-order chi connectivity index (χ0) is 16.8. The van der Waals surface area contributed by atoms with E-state index in [2.05, 4.69) is 5.32 Å². The second kappa shape index (κ2) is 7.62. The van der Waals surface area contributed by atoms with Crippen molar-refractivity contribution in [3.63, 3.8) is 0 Å². The van der Waals surface area contributed by atoms with Gasteiger partial charge in [-0.05, 0) is 41.8 Å². The Morgan fingerprint density at radius 1 is 0.958 bits per heavy atom. The molecule has 1 heterocycles. The minimum absolute atomic E-state index is 0.152. The summed E-state index contributed by atoms with van der Waals surface area (Å²) in [6.45, 7) is 0.376. The summed E-state index contributed by atoms with van der Waals surface area (Å²) < 4.78 is 5.13. The third-order valence-corrected chi connectivity index (χ3v) is 3.83. The Labute approximate surface area is 140 Å². The maximum absolute atomic E-state index is 12.1. The number of aliphatic hydroxyl groups is 1. The number of carbonyl (C=O) groups excluding carboxylic acids is 1. The number of hydrogen-bond acceptors (Lipinski definition) is 3. The molecule has 4 heteroatoms. The Morgan fingerprint density at radius 3 is 2.33 bits per heavy atom. The van der Waals surface area contributed by atoms with Crippen LogP contribution in [0, 0.1) is 0 Å². The molecule has 1 amide bonds. The van der Waals surface area contributed by atoms with Crippen LogP contribution >= 0.6 is 0 Å². The van der Waals surface area contributed by atoms with Gasteiger partial charge in [-0.2, -0.15) is 0 Å². The maximum atomic E-state index is 12.1. The number of benzene rings is 2. The molecule has 0 fully saturated rings. The third kappa shape index (κ3) is 3.91. The summed E-state index contributed by atoms with van der Waals surface area (Å²) >= 11 is 0. The van der Waals surface area contributed by atoms with E-state index in [0.29, 0.717) is 24.3 Å². The molecular weight excluding hydrogens is 302 g/mol. The van der Waals surface area contributed by atoms with Crippen molar-refractivity contribution in [2.45, 2.75) is 12.5 Å². The summed E-state index contributed by atoms with van der Waals surface area (Å²) in [6, 6.07) is 20.9. The summed E-state index contributed by atoms with van der Waals surface area (Å²) in [5, 5.41) is 12.7. The van der Waals surface area contributed by atoms with E-state index in [1.807, 2.05) is 42.5 Å². The first-order valence-electron chi connectivity index (χ1n) is 7.89. The molecule has 2 N–H and O–H groups in total. The topological polar surface area (TPSA) is 62.5 Å². The molecule has 1 atom stereocenters. The van der Waals surface area contributed by atoms with Gasteiger partial charge in [-0.3, -0.25) is 4.79 Å². The van der Waals surface area contributed by atoms with E-state index in [1.165, 1.54) is 6.26 Å². The van der Waals surface area contributed by atoms with E-state index < -0.39 is 6.10 Å². The van der Waals surface area contributed by atoms with Gasteiger partial charge in [0, 0.05) is 12.1 Å². The van der Waals surface area contributed by atoms with Gasteiger partial charge in [0.2, 0.25) is 0 Å². The zero-order valence-corrected chi connectivity index (χ0v) is 13.2. The van der Waals surface area contributed by atoms with Crippen LogP contribution in [-0.2, 0) is 0 Å². The fraction of sp³-hybridized carbons (Fsp3) is 0.150. The van der Waals surface area contributed by atoms with Gasteiger partial charge in [0.1, 0.15) is 11.9 Å². The number of amides is 1. The van der Waals surface area contributed by atoms with Gasteiger partial charge >= 0.3 is 0 Å². The van der Waals surface area contributed by atoms with Crippen molar-refractivity contribution in [3.05, 3.63) is 84.3 Å². The van der Waals surface area contributed by atoms with Crippen molar-refractivity contribution in [1.29, 1.82) is 0 Å². The Bertz CT molecular complexity index is 764. The smallest absolute Gasteiger partial charge is 0.251 e. The van der Waals surface area contributed by atoms with Crippen LogP contribution in [0.5, 0.6) is 0 Å². The van der Waals surface area contributed by atoms with Crippen LogP contribution in [0.25, 0.3) is 11.1 Å². The molecule has 0 radical (unpaired) electrons. The van der Waals surface area contributed by atoms with Crippen LogP contribution in [0.15, 0.2) is 77.4 Å². The van der Waals surface area contributed by atoms with Gasteiger partial charge in [0.05, 0.1) is 6.26 Å². The van der Waals surface area contributed by atoms with Crippen molar-refractivity contribution in [3.8, 4) is 11.1 Å². The Morgan fingerprint density at radius 2 is 1.67 bits per heavy atom. The molecule has 0 aliphatic carbocycles. The molecule has 0 unspecified atom stereocenters. The van der Waals surface area contributed by atoms with Crippen LogP contribution in [0.4, 0.5) is 0 Å². The monoisotopic (exact) mass is 321 g/mol. The number of rotatable bonds is 6. The van der Waals surface area contributed by atoms with Crippen molar-refractivity contribution < 1.29 is 14.3 Å². The number of furan rings is 1. The van der Waals surface area contributed by atoms with Crippen LogP contribution in [0.3, 0.4) is 0 Å². The molecule has 3 aromatic rings. The van der Waals surface area contributed by atoms with Gasteiger partial charge in [0.15, 0.2) is 0 Å². The lowest BCUT2D eigenvalue weighted by molar-refractivity contribution is 0.0936. The molecule has 4 nitrogen and oxygen atoms in total. The molecule has 1 aromatic heterocycles. The lowest BCUT2D eigenvalue weighted by Gasteiger charge is -2.09. The standard InChI is InChI=1S/C20H19NO3/c22-18(19-7-4-14-24-19)12-13-21-20(23)17-10-8-16(9-11-17)15-5-2-1-3-6-15/h1-11,14,18,22H,12-13H2,(H,21,23)/t18-/m1/s1. The van der Waals surface area contributed by atoms with Crippen LogP contribution in [0.2, 0.25) is 0 Å². The first kappa shape index (κ1) is 16.0. The van der Waals surface area contributed by atoms with Crippen LogP contribution in [0.1, 0.15) is 28.6 Å². The van der Waals surface area contributed by atoms with Crippen molar-refractivity contribution >= 4 is 5.91 Å². The molecule has 0 saturated carbocycles. The number of aliphatic hydroxyl groups excluding tert-OH is 1. The fourth-order valence-electron chi connectivity index (χ4n) is 2.49. The minimum Gasteiger partial charge on any atom is -0.467 e. The molecule has 2 aromatic carbocycles. The van der Waals surface area contributed by atoms with E-state index in [4.69, 9.17) is 4.42 Å². The number of hydrogen-bond donors (Lipinski definition) is 2. The van der Waals surface area contributed by atoms with E-state index in [0.717, 1.165) is 11.1 Å². The van der Waals surface area contributed by atoms with Gasteiger partial charge in [-0.15, -0.1) is 0 Å². The maximum Gasteiger partial charge on any atom is 0.251 e. The summed E-state index contributed by atoms with van der Waals surface area (Å²) in [6.07, 6.45) is 1.22. The Hall–Kier alpha value is -2.85. The van der Waals surface area contributed by atoms with E-state index in [1.54, 1.807) is 24.3 Å². The normalized spacial score (nSPS) is 11.9. The predicted octanol–water partition coefficient (Wildman–Crippen LogP) is 3.80. The Kier molecular flexibility index (Phi) is 5.08. The molecule has 0 saturated heterocycles. The predicted molar refractivity (Wildman–Crippen MR) is 92.5 cm³/mol. The highest BCUT2D eigenvalue weighted by Crippen LogP contribution is 2.19. The van der Waals surface area contributed by atoms with Gasteiger partial charge in [0.25, 0.3) is 5.91 Å². The van der Waals surface area contributed by atoms with Gasteiger partial charge in [-0.25, -0.2) is 0 Å². The quantitative estimate of drug-likeness (QED) is 0.726. The molecule has 122 valence electrons. The summed E-state index contributed by atoms with van der Waals surface area (Å²) in [7, 11) is 0. The lowest BCUT2D eigenvalue weighted by Crippen LogP contribution is -2.25. The highest BCUT2D eigenvalue weighted by Gasteiger charge is 2.11. The third-order valence-electron chi connectivity index (χ3n) is 3.83. The molecule has 0 bridgehead atoms. The minimum atomic E-state index is -0.708. The highest BCUT2D eigenvalue weighted by molar-refractivity contribution is 5.94. The number of nitrogens with one attached hydrogen (secondary N) is 1. The second-order valence-electron chi connectivity index (χ2n) is 5.52. The highest BCUT2D eigenvalue weighted by atomic mass is 16.4. The summed E-state index contributed by atoms with van der Waals surface area (Å²) in [5.41, 5.74) is 2.79. The van der Waals surface area contributed by atoms with Gasteiger partial charge < -0.3 is 14.8 Å². The van der Waals surface area contributed by atoms with Crippen molar-refractivity contribution in [2.75, 3.05) is 6.54 Å². The van der Waals surface area contributed by atoms with Crippen molar-refractivity contribution in [2.24, 2.45) is 0 Å². The van der Waals surface area contributed by atoms with Gasteiger partial charge in [-0.1, -0.05) is 42.5 Å². The van der Waals surface area contributed by atoms with E-state index in [-0.39, 0.29) is 5.91 Å². The largest absolute Gasteiger partial charge is 0.467 e. The first-order valence-corrected chi connectivity index (χ1v) is 7.89. The molecule has 0 aliphatic heterocycles. The van der Waals surface area contributed by atoms with Crippen molar-refractivity contribution in [1.82, 2.24) is 5.32 Å².